The van der Waals surface area contributed by atoms with Crippen LogP contribution in [0.2, 0.25) is 0 Å². The molecule has 144 valence electrons. The zero-order valence-electron chi connectivity index (χ0n) is 15.1. The maximum absolute atomic E-state index is 12.4. The second-order valence-corrected chi connectivity index (χ2v) is 9.09. The Morgan fingerprint density at radius 2 is 2.19 bits per heavy atom. The molecule has 0 unspecified atom stereocenters. The summed E-state index contributed by atoms with van der Waals surface area (Å²) < 4.78 is 6.40. The van der Waals surface area contributed by atoms with Crippen molar-refractivity contribution >= 4 is 34.1 Å². The van der Waals surface area contributed by atoms with E-state index >= 15 is 0 Å². The van der Waals surface area contributed by atoms with Crippen LogP contribution in [-0.2, 0) is 16.0 Å². The summed E-state index contributed by atoms with van der Waals surface area (Å²) in [6.07, 6.45) is 5.72. The number of ether oxygens (including phenoxy) is 1. The molecule has 0 saturated carbocycles. The van der Waals surface area contributed by atoms with Gasteiger partial charge in [-0.05, 0) is 43.2 Å². The Labute approximate surface area is 167 Å². The number of carbonyl (C=O) groups excluding carboxylic acids is 1. The van der Waals surface area contributed by atoms with Crippen molar-refractivity contribution in [2.24, 2.45) is 0 Å². The molecule has 1 aromatic heterocycles. The van der Waals surface area contributed by atoms with Crippen molar-refractivity contribution < 1.29 is 9.53 Å². The molecule has 1 fully saturated rings. The molecule has 2 aromatic rings. The van der Waals surface area contributed by atoms with Crippen LogP contribution in [0.25, 0.3) is 0 Å². The van der Waals surface area contributed by atoms with Crippen LogP contribution in [-0.4, -0.2) is 41.1 Å². The van der Waals surface area contributed by atoms with E-state index in [1.54, 1.807) is 0 Å². The molecular formula is C19H24N4O2S2. The van der Waals surface area contributed by atoms with Gasteiger partial charge in [-0.2, -0.15) is 0 Å². The van der Waals surface area contributed by atoms with E-state index in [0.717, 1.165) is 54.7 Å². The van der Waals surface area contributed by atoms with Crippen LogP contribution in [0.1, 0.15) is 42.9 Å². The Balaban J connectivity index is 1.24. The normalized spacial score (nSPS) is 21.6. The fraction of sp³-hybridized carbons (Fsp3) is 0.526. The zero-order valence-corrected chi connectivity index (χ0v) is 16.8. The van der Waals surface area contributed by atoms with Crippen molar-refractivity contribution in [3.05, 3.63) is 35.4 Å². The number of rotatable bonds is 7. The van der Waals surface area contributed by atoms with Crippen LogP contribution < -0.4 is 10.6 Å². The van der Waals surface area contributed by atoms with Crippen molar-refractivity contribution in [2.75, 3.05) is 24.2 Å². The van der Waals surface area contributed by atoms with E-state index in [9.17, 15) is 4.79 Å². The van der Waals surface area contributed by atoms with E-state index in [2.05, 4.69) is 39.0 Å². The summed E-state index contributed by atoms with van der Waals surface area (Å²) in [5.41, 5.74) is 2.62. The molecule has 8 heteroatoms. The van der Waals surface area contributed by atoms with Crippen molar-refractivity contribution in [1.82, 2.24) is 15.5 Å². The standard InChI is InChI=1S/C19H24N4O2S2/c24-17(21-16-9-3-6-13-5-1-2-8-15(13)16)12-26-19-23-22-18(27-19)20-11-14-7-4-10-25-14/h1-2,5,8,14,16H,3-4,6-7,9-12H2,(H,20,22)(H,21,24)/t14-,16-/m0/s1. The van der Waals surface area contributed by atoms with Gasteiger partial charge in [0.2, 0.25) is 11.0 Å². The summed E-state index contributed by atoms with van der Waals surface area (Å²) in [6, 6.07) is 8.53. The van der Waals surface area contributed by atoms with Gasteiger partial charge in [0, 0.05) is 13.2 Å². The fourth-order valence-corrected chi connectivity index (χ4v) is 5.18. The second kappa shape index (κ2) is 9.03. The smallest absolute Gasteiger partial charge is 0.230 e. The second-order valence-electron chi connectivity index (χ2n) is 6.89. The van der Waals surface area contributed by atoms with Crippen LogP contribution in [0, 0.1) is 0 Å². The quantitative estimate of drug-likeness (QED) is 0.689. The first-order valence-electron chi connectivity index (χ1n) is 9.47. The van der Waals surface area contributed by atoms with Gasteiger partial charge in [0.25, 0.3) is 0 Å². The lowest BCUT2D eigenvalue weighted by Gasteiger charge is -2.26. The van der Waals surface area contributed by atoms with Crippen molar-refractivity contribution in [3.8, 4) is 0 Å². The highest BCUT2D eigenvalue weighted by molar-refractivity contribution is 8.01. The highest BCUT2D eigenvalue weighted by Crippen LogP contribution is 2.30. The van der Waals surface area contributed by atoms with Gasteiger partial charge in [0.1, 0.15) is 0 Å². The average Bonchev–Trinajstić information content (AvgIpc) is 3.37. The number of carbonyl (C=O) groups is 1. The molecular weight excluding hydrogens is 380 g/mol. The number of fused-ring (bicyclic) bond motifs is 1. The first-order chi connectivity index (χ1) is 13.3. The number of nitrogens with zero attached hydrogens (tertiary/aromatic N) is 2. The summed E-state index contributed by atoms with van der Waals surface area (Å²) in [6.45, 7) is 1.62. The van der Waals surface area contributed by atoms with Gasteiger partial charge >= 0.3 is 0 Å². The molecule has 4 rings (SSSR count). The predicted octanol–water partition coefficient (Wildman–Crippen LogP) is 3.41. The number of amides is 1. The van der Waals surface area contributed by atoms with Crippen molar-refractivity contribution in [2.45, 2.75) is 48.6 Å². The molecule has 2 N–H and O–H groups in total. The van der Waals surface area contributed by atoms with Gasteiger partial charge in [-0.1, -0.05) is 47.4 Å². The fourth-order valence-electron chi connectivity index (χ4n) is 3.61. The Kier molecular flexibility index (Phi) is 6.26. The lowest BCUT2D eigenvalue weighted by atomic mass is 9.88. The zero-order chi connectivity index (χ0) is 18.5. The third kappa shape index (κ3) is 5.00. The predicted molar refractivity (Wildman–Crippen MR) is 108 cm³/mol. The van der Waals surface area contributed by atoms with Crippen LogP contribution in [0.15, 0.2) is 28.6 Å². The molecule has 1 aromatic carbocycles. The van der Waals surface area contributed by atoms with Crippen molar-refractivity contribution in [1.29, 1.82) is 0 Å². The number of nitrogens with one attached hydrogen (secondary N) is 2. The van der Waals surface area contributed by atoms with E-state index in [1.165, 1.54) is 34.2 Å². The summed E-state index contributed by atoms with van der Waals surface area (Å²) in [7, 11) is 0. The van der Waals surface area contributed by atoms with Gasteiger partial charge < -0.3 is 15.4 Å². The van der Waals surface area contributed by atoms with Crippen LogP contribution >= 0.6 is 23.1 Å². The third-order valence-corrected chi connectivity index (χ3v) is 6.96. The Morgan fingerprint density at radius 1 is 1.26 bits per heavy atom. The number of hydrogen-bond donors (Lipinski definition) is 2. The van der Waals surface area contributed by atoms with Crippen molar-refractivity contribution in [3.63, 3.8) is 0 Å². The van der Waals surface area contributed by atoms with E-state index in [1.807, 2.05) is 6.07 Å². The number of aromatic nitrogens is 2. The molecule has 1 amide bonds. The summed E-state index contributed by atoms with van der Waals surface area (Å²) in [5, 5.41) is 15.6. The molecule has 0 bridgehead atoms. The van der Waals surface area contributed by atoms with Gasteiger partial charge in [0.05, 0.1) is 17.9 Å². The largest absolute Gasteiger partial charge is 0.376 e. The molecule has 2 aliphatic rings. The minimum Gasteiger partial charge on any atom is -0.376 e. The number of benzene rings is 1. The number of hydrogen-bond acceptors (Lipinski definition) is 7. The van der Waals surface area contributed by atoms with Crippen LogP contribution in [0.5, 0.6) is 0 Å². The molecule has 1 aliphatic heterocycles. The minimum atomic E-state index is 0.0470. The Bertz CT molecular complexity index is 777. The maximum atomic E-state index is 12.4. The molecule has 2 heterocycles. The number of thioether (sulfide) groups is 1. The number of aryl methyl sites for hydroxylation is 1. The van der Waals surface area contributed by atoms with E-state index in [4.69, 9.17) is 4.74 Å². The van der Waals surface area contributed by atoms with Crippen LogP contribution in [0.3, 0.4) is 0 Å². The summed E-state index contributed by atoms with van der Waals surface area (Å²) >= 11 is 2.93. The Morgan fingerprint density at radius 3 is 3.07 bits per heavy atom. The number of anilines is 1. The topological polar surface area (TPSA) is 76.1 Å². The van der Waals surface area contributed by atoms with Gasteiger partial charge in [-0.3, -0.25) is 4.79 Å². The lowest BCUT2D eigenvalue weighted by Crippen LogP contribution is -2.32. The third-order valence-electron chi connectivity index (χ3n) is 4.94. The first kappa shape index (κ1) is 18.7. The highest BCUT2D eigenvalue weighted by Gasteiger charge is 2.21. The SMILES string of the molecule is O=C(CSc1nnc(NC[C@@H]2CCCO2)s1)N[C@H]1CCCc2ccccc21. The van der Waals surface area contributed by atoms with E-state index in [0.29, 0.717) is 5.75 Å². The molecule has 27 heavy (non-hydrogen) atoms. The maximum Gasteiger partial charge on any atom is 0.230 e. The molecule has 0 spiro atoms. The molecule has 2 atom stereocenters. The molecule has 0 radical (unpaired) electrons. The summed E-state index contributed by atoms with van der Waals surface area (Å²) in [5.74, 6) is 0.407. The molecule has 1 saturated heterocycles. The monoisotopic (exact) mass is 404 g/mol. The van der Waals surface area contributed by atoms with Gasteiger partial charge in [-0.25, -0.2) is 0 Å². The highest BCUT2D eigenvalue weighted by atomic mass is 32.2. The van der Waals surface area contributed by atoms with Gasteiger partial charge in [-0.15, -0.1) is 10.2 Å². The minimum absolute atomic E-state index is 0.0470. The first-order valence-corrected chi connectivity index (χ1v) is 11.3. The molecule has 6 nitrogen and oxygen atoms in total. The van der Waals surface area contributed by atoms with Crippen LogP contribution in [0.4, 0.5) is 5.13 Å². The lowest BCUT2D eigenvalue weighted by molar-refractivity contribution is -0.119. The average molecular weight is 405 g/mol. The molecule has 1 aliphatic carbocycles. The Hall–Kier alpha value is -1.64. The van der Waals surface area contributed by atoms with E-state index in [-0.39, 0.29) is 18.1 Å². The van der Waals surface area contributed by atoms with Gasteiger partial charge in [0.15, 0.2) is 4.34 Å². The summed E-state index contributed by atoms with van der Waals surface area (Å²) in [4.78, 5) is 12.4. The van der Waals surface area contributed by atoms with E-state index < -0.39 is 0 Å².